The van der Waals surface area contributed by atoms with E-state index in [-0.39, 0.29) is 45.2 Å². The van der Waals surface area contributed by atoms with Gasteiger partial charge in [-0.3, -0.25) is 33.6 Å². The molecule has 7 amide bonds. The largest absolute Gasteiger partial charge is 0.480 e. The predicted octanol–water partition coefficient (Wildman–Crippen LogP) is -4.94. The zero-order valence-electron chi connectivity index (χ0n) is 32.1. The third kappa shape index (κ3) is 12.8. The number of carboxylic acids is 1. The van der Waals surface area contributed by atoms with Crippen LogP contribution in [0.5, 0.6) is 0 Å². The summed E-state index contributed by atoms with van der Waals surface area (Å²) in [4.78, 5) is 133. The van der Waals surface area contributed by atoms with Crippen molar-refractivity contribution in [2.75, 3.05) is 26.2 Å². The minimum atomic E-state index is -1.32. The van der Waals surface area contributed by atoms with Crippen LogP contribution in [0, 0.1) is 0 Å². The number of nitrogens with zero attached hydrogens (tertiary/aromatic N) is 5. The standard InChI is InChI=1S/C35H46N16O9/c36-8-28(52)47-23(4-19-9-37-15-43-19)31(55)41-13-29(53)48-25(6-21-11-39-17-45-21)34(58)51-3-1-2-27(51)33(57)50-24(5-20-10-38-16-44-20)32(56)42-14-30(54)49-26(35(59)60)7-22-12-40-18-46-22/h9-12,15-18,23-27H,1-8,13-14,36H2,(H,37,43)(H,38,44)(H,39,45)(H,40,46)(H,41,55)(H,42,56)(H,47,52)(H,48,53)(H,49,54)(H,50,57)(H,59,60)/t23-,24-,25-,26-,27-/m0/s1. The molecule has 0 aromatic carbocycles. The lowest BCUT2D eigenvalue weighted by atomic mass is 10.1. The second-order valence-corrected chi connectivity index (χ2v) is 13.7. The van der Waals surface area contributed by atoms with Gasteiger partial charge in [0.25, 0.3) is 0 Å². The van der Waals surface area contributed by atoms with E-state index < -0.39 is 90.6 Å². The van der Waals surface area contributed by atoms with Crippen molar-refractivity contribution in [3.63, 3.8) is 0 Å². The molecule has 13 N–H and O–H groups in total. The molecule has 0 aliphatic carbocycles. The molecule has 0 saturated carbocycles. The highest BCUT2D eigenvalue weighted by molar-refractivity contribution is 5.96. The molecule has 0 spiro atoms. The Bertz CT molecular complexity index is 2060. The van der Waals surface area contributed by atoms with Gasteiger partial charge in [0.15, 0.2) is 0 Å². The maximum Gasteiger partial charge on any atom is 0.326 e. The van der Waals surface area contributed by atoms with Gasteiger partial charge in [0, 0.05) is 79.8 Å². The number of imidazole rings is 4. The van der Waals surface area contributed by atoms with Gasteiger partial charge in [-0.2, -0.15) is 0 Å². The first-order valence-corrected chi connectivity index (χ1v) is 18.8. The number of aromatic amines is 4. The number of likely N-dealkylation sites (tertiary alicyclic amines) is 1. The number of aliphatic carboxylic acids is 1. The number of aromatic nitrogens is 8. The SMILES string of the molecule is NCC(=O)N[C@@H](Cc1cnc[nH]1)C(=O)NCC(=O)N[C@@H](Cc1cnc[nH]1)C(=O)N1CCC[C@H]1C(=O)N[C@@H](Cc1cnc[nH]1)C(=O)NCC(=O)N[C@@H](Cc1cnc[nH]1)C(=O)O. The van der Waals surface area contributed by atoms with Crippen LogP contribution in [-0.2, 0) is 64.0 Å². The molecule has 5 heterocycles. The molecule has 0 bridgehead atoms. The van der Waals surface area contributed by atoms with Crippen molar-refractivity contribution in [3.05, 3.63) is 72.9 Å². The minimum Gasteiger partial charge on any atom is -0.480 e. The molecular formula is C35H46N16O9. The summed E-state index contributed by atoms with van der Waals surface area (Å²) in [5.41, 5.74) is 7.37. The van der Waals surface area contributed by atoms with Crippen molar-refractivity contribution in [3.8, 4) is 0 Å². The molecule has 0 radical (unpaired) electrons. The lowest BCUT2D eigenvalue weighted by Crippen LogP contribution is -2.58. The van der Waals surface area contributed by atoms with E-state index in [1.54, 1.807) is 0 Å². The highest BCUT2D eigenvalue weighted by Crippen LogP contribution is 2.20. The molecular weight excluding hydrogens is 788 g/mol. The molecule has 1 aliphatic heterocycles. The average molecular weight is 835 g/mol. The van der Waals surface area contributed by atoms with Gasteiger partial charge in [0.1, 0.15) is 30.2 Å². The number of carbonyl (C=O) groups is 8. The van der Waals surface area contributed by atoms with Gasteiger partial charge in [-0.1, -0.05) is 0 Å². The van der Waals surface area contributed by atoms with Gasteiger partial charge >= 0.3 is 5.97 Å². The van der Waals surface area contributed by atoms with Crippen molar-refractivity contribution >= 4 is 47.3 Å². The van der Waals surface area contributed by atoms with Crippen molar-refractivity contribution < 1.29 is 43.5 Å². The van der Waals surface area contributed by atoms with E-state index in [1.807, 2.05) is 0 Å². The monoisotopic (exact) mass is 834 g/mol. The fraction of sp³-hybridized carbons (Fsp3) is 0.429. The van der Waals surface area contributed by atoms with E-state index >= 15 is 0 Å². The summed E-state index contributed by atoms with van der Waals surface area (Å²) < 4.78 is 0. The van der Waals surface area contributed by atoms with Crippen LogP contribution in [0.1, 0.15) is 35.6 Å². The van der Waals surface area contributed by atoms with Crippen LogP contribution in [0.2, 0.25) is 0 Å². The van der Waals surface area contributed by atoms with Crippen molar-refractivity contribution in [2.24, 2.45) is 5.73 Å². The van der Waals surface area contributed by atoms with E-state index in [9.17, 15) is 43.5 Å². The summed E-state index contributed by atoms with van der Waals surface area (Å²) in [6.45, 7) is -1.42. The molecule has 1 saturated heterocycles. The number of carboxylic acid groups (broad SMARTS) is 1. The Balaban J connectivity index is 1.22. The number of amides is 7. The van der Waals surface area contributed by atoms with Gasteiger partial charge in [-0.25, -0.2) is 24.7 Å². The Hall–Kier alpha value is -7.44. The van der Waals surface area contributed by atoms with Crippen LogP contribution in [0.25, 0.3) is 0 Å². The molecule has 25 nitrogen and oxygen atoms in total. The van der Waals surface area contributed by atoms with E-state index in [2.05, 4.69) is 71.8 Å². The maximum atomic E-state index is 14.1. The second kappa shape index (κ2) is 21.4. The Morgan fingerprint density at radius 2 is 1.05 bits per heavy atom. The summed E-state index contributed by atoms with van der Waals surface area (Å²) in [6, 6.07) is -5.97. The van der Waals surface area contributed by atoms with Gasteiger partial charge in [-0.15, -0.1) is 0 Å². The van der Waals surface area contributed by atoms with Crippen molar-refractivity contribution in [1.82, 2.24) is 76.7 Å². The third-order valence-corrected chi connectivity index (χ3v) is 9.34. The molecule has 320 valence electrons. The number of rotatable bonds is 22. The summed E-state index contributed by atoms with van der Waals surface area (Å²) in [5, 5.41) is 24.6. The third-order valence-electron chi connectivity index (χ3n) is 9.34. The molecule has 1 aliphatic rings. The van der Waals surface area contributed by atoms with Crippen molar-refractivity contribution in [1.29, 1.82) is 0 Å². The van der Waals surface area contributed by atoms with Crippen molar-refractivity contribution in [2.45, 2.75) is 68.7 Å². The molecule has 60 heavy (non-hydrogen) atoms. The first kappa shape index (κ1) is 43.7. The van der Waals surface area contributed by atoms with Crippen LogP contribution in [-0.4, -0.2) is 154 Å². The molecule has 4 aromatic heterocycles. The van der Waals surface area contributed by atoms with E-state index in [0.717, 1.165) is 0 Å². The summed E-state index contributed by atoms with van der Waals surface area (Å²) in [5.74, 6) is -6.22. The first-order chi connectivity index (χ1) is 28.9. The molecule has 4 aromatic rings. The maximum absolute atomic E-state index is 14.1. The molecule has 25 heteroatoms. The van der Waals surface area contributed by atoms with Crippen LogP contribution in [0.4, 0.5) is 0 Å². The molecule has 1 fully saturated rings. The lowest BCUT2D eigenvalue weighted by molar-refractivity contribution is -0.142. The Morgan fingerprint density at radius 1 is 0.633 bits per heavy atom. The van der Waals surface area contributed by atoms with Gasteiger partial charge in [-0.05, 0) is 12.8 Å². The van der Waals surface area contributed by atoms with E-state index in [1.165, 1.54) is 55.0 Å². The highest BCUT2D eigenvalue weighted by atomic mass is 16.4. The van der Waals surface area contributed by atoms with Crippen LogP contribution >= 0.6 is 0 Å². The summed E-state index contributed by atoms with van der Waals surface area (Å²) >= 11 is 0. The number of nitrogens with two attached hydrogens (primary N) is 1. The Kier molecular flexibility index (Phi) is 15.5. The smallest absolute Gasteiger partial charge is 0.326 e. The summed E-state index contributed by atoms with van der Waals surface area (Å²) in [7, 11) is 0. The molecule has 5 atom stereocenters. The predicted molar refractivity (Wildman–Crippen MR) is 204 cm³/mol. The van der Waals surface area contributed by atoms with E-state index in [0.29, 0.717) is 29.2 Å². The second-order valence-electron chi connectivity index (χ2n) is 13.7. The topological polar surface area (TPSA) is 373 Å². The number of H-pyrrole nitrogens is 4. The average Bonchev–Trinajstić information content (AvgIpc) is 4.09. The summed E-state index contributed by atoms with van der Waals surface area (Å²) in [6.07, 6.45) is 11.8. The van der Waals surface area contributed by atoms with Gasteiger partial charge < -0.3 is 67.6 Å². The number of carbonyl (C=O) groups excluding carboxylic acids is 7. The normalized spacial score (nSPS) is 15.5. The molecule has 0 unspecified atom stereocenters. The van der Waals surface area contributed by atoms with Gasteiger partial charge in [0.05, 0.1) is 44.9 Å². The molecule has 5 rings (SSSR count). The quantitative estimate of drug-likeness (QED) is 0.0353. The Morgan fingerprint density at radius 3 is 1.48 bits per heavy atom. The van der Waals surface area contributed by atoms with E-state index in [4.69, 9.17) is 5.73 Å². The fourth-order valence-corrected chi connectivity index (χ4v) is 6.38. The number of nitrogens with one attached hydrogen (secondary N) is 10. The zero-order valence-corrected chi connectivity index (χ0v) is 32.1. The fourth-order valence-electron chi connectivity index (χ4n) is 6.38. The van der Waals surface area contributed by atoms with Crippen LogP contribution in [0.15, 0.2) is 50.1 Å². The Labute approximate surface area is 340 Å². The minimum absolute atomic E-state index is 0.0266. The number of hydrogen-bond acceptors (Lipinski definition) is 13. The van der Waals surface area contributed by atoms with Crippen LogP contribution < -0.4 is 37.6 Å². The zero-order chi connectivity index (χ0) is 43.0. The van der Waals surface area contributed by atoms with Gasteiger partial charge in [0.2, 0.25) is 41.4 Å². The van der Waals surface area contributed by atoms with Crippen LogP contribution in [0.3, 0.4) is 0 Å². The highest BCUT2D eigenvalue weighted by Gasteiger charge is 2.39. The number of hydrogen-bond donors (Lipinski definition) is 12. The lowest BCUT2D eigenvalue weighted by Gasteiger charge is -2.30. The first-order valence-electron chi connectivity index (χ1n) is 18.8.